The van der Waals surface area contributed by atoms with E-state index in [2.05, 4.69) is 0 Å². The third kappa shape index (κ3) is 2.68. The zero-order valence-corrected chi connectivity index (χ0v) is 8.22. The topological polar surface area (TPSA) is 43.1 Å². The molecule has 0 saturated heterocycles. The van der Waals surface area contributed by atoms with Gasteiger partial charge in [-0.3, -0.25) is 10.1 Å². The Kier molecular flexibility index (Phi) is 3.43. The van der Waals surface area contributed by atoms with E-state index in [0.717, 1.165) is 18.2 Å². The lowest BCUT2D eigenvalue weighted by Gasteiger charge is -2.00. The second-order valence-corrected chi connectivity index (χ2v) is 3.20. The first kappa shape index (κ1) is 10.9. The standard InChI is InChI=1S/C8H4Cl2FNO2/c9-7-3-5(11)4-8(10)6(7)1-2-12(13)14/h1-4H/b2-1+. The Labute approximate surface area is 88.9 Å². The zero-order valence-electron chi connectivity index (χ0n) is 6.71. The lowest BCUT2D eigenvalue weighted by molar-refractivity contribution is -0.400. The molecule has 0 bridgehead atoms. The van der Waals surface area contributed by atoms with Crippen molar-refractivity contribution >= 4 is 29.3 Å². The van der Waals surface area contributed by atoms with Crippen LogP contribution in [0.15, 0.2) is 18.3 Å². The van der Waals surface area contributed by atoms with E-state index in [-0.39, 0.29) is 15.6 Å². The van der Waals surface area contributed by atoms with Crippen molar-refractivity contribution in [1.29, 1.82) is 0 Å². The van der Waals surface area contributed by atoms with Gasteiger partial charge < -0.3 is 0 Å². The largest absolute Gasteiger partial charge is 0.259 e. The minimum Gasteiger partial charge on any atom is -0.259 e. The summed E-state index contributed by atoms with van der Waals surface area (Å²) in [6.07, 6.45) is 1.80. The molecule has 6 heteroatoms. The molecule has 0 heterocycles. The Morgan fingerprint density at radius 3 is 2.29 bits per heavy atom. The van der Waals surface area contributed by atoms with Crippen molar-refractivity contribution < 1.29 is 9.31 Å². The van der Waals surface area contributed by atoms with E-state index < -0.39 is 10.7 Å². The summed E-state index contributed by atoms with van der Waals surface area (Å²) < 4.78 is 12.7. The van der Waals surface area contributed by atoms with Crippen molar-refractivity contribution in [1.82, 2.24) is 0 Å². The molecule has 0 amide bonds. The molecule has 0 N–H and O–H groups in total. The highest BCUT2D eigenvalue weighted by atomic mass is 35.5. The van der Waals surface area contributed by atoms with Crippen molar-refractivity contribution in [3.05, 3.63) is 49.9 Å². The van der Waals surface area contributed by atoms with Crippen LogP contribution in [-0.4, -0.2) is 4.92 Å². The molecule has 3 nitrogen and oxygen atoms in total. The molecule has 0 saturated carbocycles. The normalized spacial score (nSPS) is 10.8. The highest BCUT2D eigenvalue weighted by Gasteiger charge is 2.06. The van der Waals surface area contributed by atoms with Gasteiger partial charge in [-0.2, -0.15) is 0 Å². The first-order valence-corrected chi connectivity index (χ1v) is 4.22. The van der Waals surface area contributed by atoms with Crippen LogP contribution in [0.3, 0.4) is 0 Å². The quantitative estimate of drug-likeness (QED) is 0.583. The molecule has 0 aromatic heterocycles. The molecule has 1 aromatic carbocycles. The van der Waals surface area contributed by atoms with Gasteiger partial charge in [0.2, 0.25) is 6.20 Å². The van der Waals surface area contributed by atoms with Crippen LogP contribution in [0, 0.1) is 15.9 Å². The summed E-state index contributed by atoms with van der Waals surface area (Å²) >= 11 is 11.2. The van der Waals surface area contributed by atoms with Crippen molar-refractivity contribution in [2.45, 2.75) is 0 Å². The first-order chi connectivity index (χ1) is 6.50. The van der Waals surface area contributed by atoms with Crippen LogP contribution in [0.5, 0.6) is 0 Å². The Morgan fingerprint density at radius 2 is 1.86 bits per heavy atom. The predicted molar refractivity (Wildman–Crippen MR) is 52.4 cm³/mol. The van der Waals surface area contributed by atoms with Gasteiger partial charge in [0.1, 0.15) is 5.82 Å². The van der Waals surface area contributed by atoms with Crippen LogP contribution in [0.25, 0.3) is 6.08 Å². The van der Waals surface area contributed by atoms with Gasteiger partial charge in [-0.05, 0) is 12.1 Å². The first-order valence-electron chi connectivity index (χ1n) is 3.47. The molecule has 0 atom stereocenters. The van der Waals surface area contributed by atoms with Crippen LogP contribution in [0.4, 0.5) is 4.39 Å². The van der Waals surface area contributed by atoms with E-state index >= 15 is 0 Å². The van der Waals surface area contributed by atoms with Crippen molar-refractivity contribution in [2.75, 3.05) is 0 Å². The maximum Gasteiger partial charge on any atom is 0.235 e. The average molecular weight is 236 g/mol. The van der Waals surface area contributed by atoms with E-state index in [1.807, 2.05) is 0 Å². The zero-order chi connectivity index (χ0) is 10.7. The molecule has 0 unspecified atom stereocenters. The monoisotopic (exact) mass is 235 g/mol. The Morgan fingerprint density at radius 1 is 1.36 bits per heavy atom. The van der Waals surface area contributed by atoms with Gasteiger partial charge in [-0.25, -0.2) is 4.39 Å². The average Bonchev–Trinajstić information content (AvgIpc) is 2.01. The number of rotatable bonds is 2. The summed E-state index contributed by atoms with van der Waals surface area (Å²) in [6, 6.07) is 2.07. The fourth-order valence-electron chi connectivity index (χ4n) is 0.848. The van der Waals surface area contributed by atoms with E-state index in [0.29, 0.717) is 6.20 Å². The lowest BCUT2D eigenvalue weighted by Crippen LogP contribution is -1.85. The molecule has 1 aromatic rings. The summed E-state index contributed by atoms with van der Waals surface area (Å²) in [5.74, 6) is -0.585. The van der Waals surface area contributed by atoms with Gasteiger partial charge in [0.05, 0.1) is 15.0 Å². The molecule has 1 rings (SSSR count). The highest BCUT2D eigenvalue weighted by molar-refractivity contribution is 6.37. The summed E-state index contributed by atoms with van der Waals surface area (Å²) in [6.45, 7) is 0. The van der Waals surface area contributed by atoms with Crippen LogP contribution in [0.1, 0.15) is 5.56 Å². The summed E-state index contributed by atoms with van der Waals surface area (Å²) in [7, 11) is 0. The van der Waals surface area contributed by atoms with Gasteiger partial charge >= 0.3 is 0 Å². The van der Waals surface area contributed by atoms with Gasteiger partial charge in [-0.15, -0.1) is 0 Å². The molecular formula is C8H4Cl2FNO2. The number of nitro groups is 1. The summed E-state index contributed by atoms with van der Waals surface area (Å²) in [5, 5.41) is 10.1. The second-order valence-electron chi connectivity index (χ2n) is 2.38. The molecule has 0 fully saturated rings. The van der Waals surface area contributed by atoms with Gasteiger partial charge in [0.25, 0.3) is 0 Å². The smallest absolute Gasteiger partial charge is 0.235 e. The molecular weight excluding hydrogens is 232 g/mol. The van der Waals surface area contributed by atoms with Crippen molar-refractivity contribution in [3.63, 3.8) is 0 Å². The number of benzene rings is 1. The fraction of sp³-hybridized carbons (Fsp3) is 0. The molecule has 0 aliphatic rings. The minimum absolute atomic E-state index is 0.0353. The molecule has 74 valence electrons. The molecule has 14 heavy (non-hydrogen) atoms. The van der Waals surface area contributed by atoms with Crippen LogP contribution < -0.4 is 0 Å². The number of hydrogen-bond donors (Lipinski definition) is 0. The fourth-order valence-corrected chi connectivity index (χ4v) is 1.43. The SMILES string of the molecule is O=[N+]([O-])/C=C/c1c(Cl)cc(F)cc1Cl. The van der Waals surface area contributed by atoms with Crippen molar-refractivity contribution in [3.8, 4) is 0 Å². The van der Waals surface area contributed by atoms with Crippen molar-refractivity contribution in [2.24, 2.45) is 0 Å². The van der Waals surface area contributed by atoms with E-state index in [1.165, 1.54) is 0 Å². The maximum absolute atomic E-state index is 12.7. The minimum atomic E-state index is -0.657. The second kappa shape index (κ2) is 4.39. The Bertz CT molecular complexity index is 383. The van der Waals surface area contributed by atoms with Gasteiger partial charge in [0.15, 0.2) is 0 Å². The van der Waals surface area contributed by atoms with Gasteiger partial charge in [0, 0.05) is 11.6 Å². The third-order valence-electron chi connectivity index (χ3n) is 1.41. The molecule has 0 spiro atoms. The Balaban J connectivity index is 3.15. The van der Waals surface area contributed by atoms with E-state index in [1.54, 1.807) is 0 Å². The third-order valence-corrected chi connectivity index (χ3v) is 2.03. The van der Waals surface area contributed by atoms with E-state index in [9.17, 15) is 14.5 Å². The number of hydrogen-bond acceptors (Lipinski definition) is 2. The summed E-state index contributed by atoms with van der Waals surface area (Å²) in [4.78, 5) is 9.36. The maximum atomic E-state index is 12.7. The van der Waals surface area contributed by atoms with Crippen LogP contribution in [0.2, 0.25) is 10.0 Å². The number of halogens is 3. The van der Waals surface area contributed by atoms with Crippen LogP contribution in [-0.2, 0) is 0 Å². The van der Waals surface area contributed by atoms with Crippen LogP contribution >= 0.6 is 23.2 Å². The van der Waals surface area contributed by atoms with Gasteiger partial charge in [-0.1, -0.05) is 23.2 Å². The molecule has 0 aliphatic heterocycles. The number of nitrogens with zero attached hydrogens (tertiary/aromatic N) is 1. The predicted octanol–water partition coefficient (Wildman–Crippen LogP) is 3.38. The Hall–Kier alpha value is -1.13. The lowest BCUT2D eigenvalue weighted by atomic mass is 10.2. The molecule has 0 aliphatic carbocycles. The summed E-state index contributed by atoms with van der Waals surface area (Å²) in [5.41, 5.74) is 0.228. The highest BCUT2D eigenvalue weighted by Crippen LogP contribution is 2.27. The van der Waals surface area contributed by atoms with E-state index in [4.69, 9.17) is 23.2 Å². The molecule has 0 radical (unpaired) electrons.